The van der Waals surface area contributed by atoms with Gasteiger partial charge in [0.1, 0.15) is 18.1 Å². The number of carbonyl (C=O) groups is 1. The minimum atomic E-state index is -0.0825. The van der Waals surface area contributed by atoms with Crippen LogP contribution in [0, 0.1) is 6.92 Å². The van der Waals surface area contributed by atoms with Gasteiger partial charge in [-0.2, -0.15) is 0 Å². The third kappa shape index (κ3) is 4.14. The standard InChI is InChI=1S/C18H23N3O3/c1-14-17(20-13-19-14)18(22)21(12-16-8-5-10-23-16)9-11-24-15-6-3-2-4-7-15/h2-4,6-7,13,16H,5,8-12H2,1H3,(H,19,20)/t16-/m0/s1. The Balaban J connectivity index is 1.62. The summed E-state index contributed by atoms with van der Waals surface area (Å²) in [7, 11) is 0. The summed E-state index contributed by atoms with van der Waals surface area (Å²) < 4.78 is 11.4. The highest BCUT2D eigenvalue weighted by Crippen LogP contribution is 2.16. The molecule has 1 atom stereocenters. The average molecular weight is 329 g/mol. The van der Waals surface area contributed by atoms with Gasteiger partial charge in [0.2, 0.25) is 0 Å². The van der Waals surface area contributed by atoms with Gasteiger partial charge in [0.15, 0.2) is 0 Å². The summed E-state index contributed by atoms with van der Waals surface area (Å²) in [6, 6.07) is 9.62. The van der Waals surface area contributed by atoms with Crippen molar-refractivity contribution in [2.24, 2.45) is 0 Å². The van der Waals surface area contributed by atoms with Gasteiger partial charge in [-0.1, -0.05) is 18.2 Å². The molecule has 3 rings (SSSR count). The molecule has 1 aliphatic rings. The van der Waals surface area contributed by atoms with E-state index in [1.807, 2.05) is 37.3 Å². The van der Waals surface area contributed by atoms with Gasteiger partial charge in [-0.25, -0.2) is 4.98 Å². The Bertz CT molecular complexity index is 651. The van der Waals surface area contributed by atoms with Crippen molar-refractivity contribution in [3.63, 3.8) is 0 Å². The summed E-state index contributed by atoms with van der Waals surface area (Å²) in [4.78, 5) is 21.7. The average Bonchev–Trinajstić information content (AvgIpc) is 3.26. The monoisotopic (exact) mass is 329 g/mol. The topological polar surface area (TPSA) is 67.5 Å². The maximum Gasteiger partial charge on any atom is 0.274 e. The van der Waals surface area contributed by atoms with Crippen molar-refractivity contribution in [3.8, 4) is 5.75 Å². The van der Waals surface area contributed by atoms with Crippen LogP contribution in [-0.2, 0) is 4.74 Å². The van der Waals surface area contributed by atoms with Crippen molar-refractivity contribution in [2.75, 3.05) is 26.3 Å². The van der Waals surface area contributed by atoms with Crippen molar-refractivity contribution >= 4 is 5.91 Å². The SMILES string of the molecule is Cc1[nH]cnc1C(=O)N(CCOc1ccccc1)C[C@@H]1CCCO1. The first-order chi connectivity index (χ1) is 11.7. The first-order valence-corrected chi connectivity index (χ1v) is 8.33. The fourth-order valence-electron chi connectivity index (χ4n) is 2.82. The summed E-state index contributed by atoms with van der Waals surface area (Å²) in [5.41, 5.74) is 1.24. The Morgan fingerprint density at radius 1 is 1.42 bits per heavy atom. The third-order valence-corrected chi connectivity index (χ3v) is 4.14. The number of amides is 1. The van der Waals surface area contributed by atoms with E-state index < -0.39 is 0 Å². The van der Waals surface area contributed by atoms with E-state index in [4.69, 9.17) is 9.47 Å². The van der Waals surface area contributed by atoms with Gasteiger partial charge in [0.25, 0.3) is 5.91 Å². The lowest BCUT2D eigenvalue weighted by molar-refractivity contribution is 0.0489. The number of H-pyrrole nitrogens is 1. The Hall–Kier alpha value is -2.34. The molecule has 0 aliphatic carbocycles. The molecule has 24 heavy (non-hydrogen) atoms. The second-order valence-electron chi connectivity index (χ2n) is 5.92. The largest absolute Gasteiger partial charge is 0.492 e. The predicted molar refractivity (Wildman–Crippen MR) is 90.1 cm³/mol. The van der Waals surface area contributed by atoms with Crippen LogP contribution in [-0.4, -0.2) is 53.2 Å². The zero-order valence-electron chi connectivity index (χ0n) is 13.9. The van der Waals surface area contributed by atoms with Crippen LogP contribution < -0.4 is 4.74 Å². The third-order valence-electron chi connectivity index (χ3n) is 4.14. The Labute approximate surface area is 141 Å². The number of carbonyl (C=O) groups excluding carboxylic acids is 1. The van der Waals surface area contributed by atoms with E-state index >= 15 is 0 Å². The van der Waals surface area contributed by atoms with Gasteiger partial charge in [-0.05, 0) is 31.9 Å². The zero-order valence-corrected chi connectivity index (χ0v) is 13.9. The Morgan fingerprint density at radius 2 is 2.25 bits per heavy atom. The molecule has 6 heteroatoms. The molecular formula is C18H23N3O3. The highest BCUT2D eigenvalue weighted by atomic mass is 16.5. The number of nitrogens with one attached hydrogen (secondary N) is 1. The molecule has 1 amide bonds. The van der Waals surface area contributed by atoms with E-state index in [2.05, 4.69) is 9.97 Å². The fourth-order valence-corrected chi connectivity index (χ4v) is 2.82. The number of benzene rings is 1. The number of hydrogen-bond donors (Lipinski definition) is 1. The number of rotatable bonds is 7. The molecular weight excluding hydrogens is 306 g/mol. The number of aryl methyl sites for hydroxylation is 1. The van der Waals surface area contributed by atoms with Gasteiger partial charge < -0.3 is 19.4 Å². The first kappa shape index (κ1) is 16.5. The van der Waals surface area contributed by atoms with Gasteiger partial charge in [0, 0.05) is 18.8 Å². The molecule has 1 N–H and O–H groups in total. The van der Waals surface area contributed by atoms with E-state index in [0.29, 0.717) is 25.4 Å². The molecule has 0 bridgehead atoms. The molecule has 0 radical (unpaired) electrons. The normalized spacial score (nSPS) is 17.0. The van der Waals surface area contributed by atoms with Crippen molar-refractivity contribution in [1.29, 1.82) is 0 Å². The molecule has 1 fully saturated rings. The predicted octanol–water partition coefficient (Wildman–Crippen LogP) is 2.42. The maximum absolute atomic E-state index is 12.8. The number of aromatic amines is 1. The van der Waals surface area contributed by atoms with Gasteiger partial charge in [0.05, 0.1) is 19.0 Å². The van der Waals surface area contributed by atoms with Gasteiger partial charge in [-0.15, -0.1) is 0 Å². The van der Waals surface area contributed by atoms with E-state index in [-0.39, 0.29) is 12.0 Å². The Morgan fingerprint density at radius 3 is 2.92 bits per heavy atom. The number of imidazole rings is 1. The molecule has 0 saturated carbocycles. The lowest BCUT2D eigenvalue weighted by Crippen LogP contribution is -2.40. The van der Waals surface area contributed by atoms with Crippen molar-refractivity contribution in [2.45, 2.75) is 25.9 Å². The fraction of sp³-hybridized carbons (Fsp3) is 0.444. The van der Waals surface area contributed by atoms with Crippen LogP contribution >= 0.6 is 0 Å². The molecule has 2 heterocycles. The maximum atomic E-state index is 12.8. The lowest BCUT2D eigenvalue weighted by atomic mass is 10.2. The van der Waals surface area contributed by atoms with Crippen LogP contribution in [0.4, 0.5) is 0 Å². The van der Waals surface area contributed by atoms with Gasteiger partial charge >= 0.3 is 0 Å². The minimum absolute atomic E-state index is 0.0825. The quantitative estimate of drug-likeness (QED) is 0.847. The van der Waals surface area contributed by atoms with Crippen LogP contribution in [0.3, 0.4) is 0 Å². The number of aromatic nitrogens is 2. The summed E-state index contributed by atoms with van der Waals surface area (Å²) in [6.45, 7) is 4.13. The van der Waals surface area contributed by atoms with Crippen molar-refractivity contribution in [1.82, 2.24) is 14.9 Å². The van der Waals surface area contributed by atoms with Crippen LogP contribution in [0.15, 0.2) is 36.7 Å². The van der Waals surface area contributed by atoms with E-state index in [9.17, 15) is 4.79 Å². The molecule has 1 aliphatic heterocycles. The van der Waals surface area contributed by atoms with Crippen molar-refractivity contribution < 1.29 is 14.3 Å². The van der Waals surface area contributed by atoms with Crippen LogP contribution in [0.1, 0.15) is 29.0 Å². The Kier molecular flexibility index (Phi) is 5.48. The summed E-state index contributed by atoms with van der Waals surface area (Å²) in [5, 5.41) is 0. The van der Waals surface area contributed by atoms with E-state index in [0.717, 1.165) is 30.9 Å². The van der Waals surface area contributed by atoms with Crippen LogP contribution in [0.5, 0.6) is 5.75 Å². The second-order valence-corrected chi connectivity index (χ2v) is 5.92. The van der Waals surface area contributed by atoms with Crippen LogP contribution in [0.2, 0.25) is 0 Å². The molecule has 0 spiro atoms. The zero-order chi connectivity index (χ0) is 16.8. The highest BCUT2D eigenvalue weighted by Gasteiger charge is 2.25. The molecule has 1 aromatic carbocycles. The molecule has 1 saturated heterocycles. The highest BCUT2D eigenvalue weighted by molar-refractivity contribution is 5.93. The minimum Gasteiger partial charge on any atom is -0.492 e. The summed E-state index contributed by atoms with van der Waals surface area (Å²) in [5.74, 6) is 0.721. The first-order valence-electron chi connectivity index (χ1n) is 8.33. The van der Waals surface area contributed by atoms with Gasteiger partial charge in [-0.3, -0.25) is 4.79 Å². The lowest BCUT2D eigenvalue weighted by Gasteiger charge is -2.25. The second kappa shape index (κ2) is 7.97. The number of para-hydroxylation sites is 1. The van der Waals surface area contributed by atoms with E-state index in [1.165, 1.54) is 0 Å². The molecule has 2 aromatic rings. The number of ether oxygens (including phenoxy) is 2. The molecule has 1 aromatic heterocycles. The molecule has 6 nitrogen and oxygen atoms in total. The summed E-state index contributed by atoms with van der Waals surface area (Å²) in [6.07, 6.45) is 3.69. The van der Waals surface area contributed by atoms with Crippen molar-refractivity contribution in [3.05, 3.63) is 48.0 Å². The number of hydrogen-bond acceptors (Lipinski definition) is 4. The number of nitrogens with zero attached hydrogens (tertiary/aromatic N) is 2. The smallest absolute Gasteiger partial charge is 0.274 e. The van der Waals surface area contributed by atoms with Crippen LogP contribution in [0.25, 0.3) is 0 Å². The van der Waals surface area contributed by atoms with E-state index in [1.54, 1.807) is 11.2 Å². The molecule has 128 valence electrons. The molecule has 0 unspecified atom stereocenters. The summed E-state index contributed by atoms with van der Waals surface area (Å²) >= 11 is 0.